The average molecular weight is 204 g/mol. The van der Waals surface area contributed by atoms with Crippen LogP contribution in [0.4, 0.5) is 0 Å². The van der Waals surface area contributed by atoms with Crippen molar-refractivity contribution in [3.8, 4) is 0 Å². The SMILES string of the molecule is C\C1=C/C(N)=C(N)\C=C\C2CCC1CC2. The normalized spacial score (nSPS) is 42.1. The Morgan fingerprint density at radius 2 is 1.73 bits per heavy atom. The fourth-order valence-corrected chi connectivity index (χ4v) is 2.55. The van der Waals surface area contributed by atoms with Gasteiger partial charge in [0.05, 0.1) is 11.4 Å². The summed E-state index contributed by atoms with van der Waals surface area (Å²) >= 11 is 0. The van der Waals surface area contributed by atoms with Gasteiger partial charge in [0.2, 0.25) is 0 Å². The number of hydrogen-bond acceptors (Lipinski definition) is 2. The molecule has 0 amide bonds. The van der Waals surface area contributed by atoms with Gasteiger partial charge in [-0.25, -0.2) is 0 Å². The molecule has 0 aromatic carbocycles. The first kappa shape index (κ1) is 10.3. The van der Waals surface area contributed by atoms with Crippen LogP contribution in [0.1, 0.15) is 32.6 Å². The maximum absolute atomic E-state index is 5.92. The molecule has 3 rings (SSSR count). The Kier molecular flexibility index (Phi) is 2.85. The molecular weight excluding hydrogens is 184 g/mol. The first-order valence-electron chi connectivity index (χ1n) is 5.78. The van der Waals surface area contributed by atoms with Crippen molar-refractivity contribution in [1.82, 2.24) is 0 Å². The molecule has 0 aliphatic heterocycles. The first-order chi connectivity index (χ1) is 7.16. The summed E-state index contributed by atoms with van der Waals surface area (Å²) in [7, 11) is 0. The van der Waals surface area contributed by atoms with Gasteiger partial charge in [0.1, 0.15) is 0 Å². The summed E-state index contributed by atoms with van der Waals surface area (Å²) in [6, 6.07) is 0. The van der Waals surface area contributed by atoms with E-state index in [0.717, 1.165) is 11.6 Å². The summed E-state index contributed by atoms with van der Waals surface area (Å²) in [6.45, 7) is 2.18. The molecule has 15 heavy (non-hydrogen) atoms. The van der Waals surface area contributed by atoms with Crippen LogP contribution >= 0.6 is 0 Å². The Balaban J connectivity index is 2.36. The molecule has 2 bridgehead atoms. The van der Waals surface area contributed by atoms with Crippen molar-refractivity contribution in [2.24, 2.45) is 23.3 Å². The van der Waals surface area contributed by atoms with Gasteiger partial charge in [-0.3, -0.25) is 0 Å². The molecule has 82 valence electrons. The fourth-order valence-electron chi connectivity index (χ4n) is 2.55. The Morgan fingerprint density at radius 3 is 2.40 bits per heavy atom. The number of nitrogens with two attached hydrogens (primary N) is 2. The summed E-state index contributed by atoms with van der Waals surface area (Å²) in [4.78, 5) is 0. The third-order valence-corrected chi connectivity index (χ3v) is 3.68. The predicted octanol–water partition coefficient (Wildman–Crippen LogP) is 2.44. The molecule has 0 saturated heterocycles. The van der Waals surface area contributed by atoms with Gasteiger partial charge in [-0.15, -0.1) is 0 Å². The quantitative estimate of drug-likeness (QED) is 0.636. The number of rotatable bonds is 0. The first-order valence-corrected chi connectivity index (χ1v) is 5.78. The van der Waals surface area contributed by atoms with E-state index in [1.54, 1.807) is 0 Å². The highest BCUT2D eigenvalue weighted by Gasteiger charge is 2.21. The van der Waals surface area contributed by atoms with E-state index in [4.69, 9.17) is 11.5 Å². The van der Waals surface area contributed by atoms with Gasteiger partial charge < -0.3 is 11.5 Å². The molecule has 0 aromatic rings. The molecule has 0 atom stereocenters. The van der Waals surface area contributed by atoms with E-state index in [2.05, 4.69) is 19.1 Å². The minimum absolute atomic E-state index is 0.707. The van der Waals surface area contributed by atoms with Gasteiger partial charge in [0.25, 0.3) is 0 Å². The third kappa shape index (κ3) is 2.25. The lowest BCUT2D eigenvalue weighted by Crippen LogP contribution is -2.17. The van der Waals surface area contributed by atoms with E-state index in [0.29, 0.717) is 11.6 Å². The molecular formula is C13H20N2. The summed E-state index contributed by atoms with van der Waals surface area (Å²) in [5.41, 5.74) is 14.6. The van der Waals surface area contributed by atoms with Crippen LogP contribution < -0.4 is 11.5 Å². The molecule has 0 radical (unpaired) electrons. The summed E-state index contributed by atoms with van der Waals surface area (Å²) in [5, 5.41) is 0. The van der Waals surface area contributed by atoms with E-state index in [1.165, 1.54) is 31.3 Å². The Morgan fingerprint density at radius 1 is 1.07 bits per heavy atom. The predicted molar refractivity (Wildman–Crippen MR) is 63.7 cm³/mol. The second-order valence-corrected chi connectivity index (χ2v) is 4.77. The largest absolute Gasteiger partial charge is 0.397 e. The Bertz CT molecular complexity index is 328. The lowest BCUT2D eigenvalue weighted by molar-refractivity contribution is 0.344. The smallest absolute Gasteiger partial charge is 0.0547 e. The molecule has 0 spiro atoms. The number of allylic oxidation sites excluding steroid dienone is 4. The standard InChI is InChI=1S/C13H20N2/c1-9-8-13(15)12(14)7-4-10-2-5-11(9)6-3-10/h4,7-8,10-11H,2-3,5-6,14-15H2,1H3/b7-4+,9-8+,13-12-. The second kappa shape index (κ2) is 4.13. The molecule has 0 heterocycles. The number of hydrogen-bond donors (Lipinski definition) is 2. The van der Waals surface area contributed by atoms with Gasteiger partial charge in [-0.05, 0) is 56.6 Å². The van der Waals surface area contributed by atoms with Crippen LogP contribution in [0, 0.1) is 11.8 Å². The monoisotopic (exact) mass is 204 g/mol. The van der Waals surface area contributed by atoms with Crippen molar-refractivity contribution in [2.75, 3.05) is 0 Å². The van der Waals surface area contributed by atoms with Crippen LogP contribution in [0.2, 0.25) is 0 Å². The van der Waals surface area contributed by atoms with Crippen LogP contribution in [0.25, 0.3) is 0 Å². The van der Waals surface area contributed by atoms with Gasteiger partial charge in [0, 0.05) is 0 Å². The van der Waals surface area contributed by atoms with Crippen LogP contribution in [-0.4, -0.2) is 0 Å². The lowest BCUT2D eigenvalue weighted by atomic mass is 9.78. The minimum atomic E-state index is 0.707. The third-order valence-electron chi connectivity index (χ3n) is 3.68. The summed E-state index contributed by atoms with van der Waals surface area (Å²) < 4.78 is 0. The topological polar surface area (TPSA) is 52.0 Å². The van der Waals surface area contributed by atoms with E-state index in [1.807, 2.05) is 6.08 Å². The molecule has 4 N–H and O–H groups in total. The fraction of sp³-hybridized carbons (Fsp3) is 0.538. The summed E-state index contributed by atoms with van der Waals surface area (Å²) in [6.07, 6.45) is 11.4. The van der Waals surface area contributed by atoms with Crippen LogP contribution in [0.15, 0.2) is 35.2 Å². The maximum atomic E-state index is 5.92. The second-order valence-electron chi connectivity index (χ2n) is 4.77. The summed E-state index contributed by atoms with van der Waals surface area (Å²) in [5.74, 6) is 1.43. The van der Waals surface area contributed by atoms with Gasteiger partial charge in [-0.1, -0.05) is 11.6 Å². The van der Waals surface area contributed by atoms with Gasteiger partial charge in [-0.2, -0.15) is 0 Å². The van der Waals surface area contributed by atoms with E-state index in [9.17, 15) is 0 Å². The molecule has 3 aliphatic carbocycles. The van der Waals surface area contributed by atoms with Crippen molar-refractivity contribution in [1.29, 1.82) is 0 Å². The van der Waals surface area contributed by atoms with E-state index >= 15 is 0 Å². The van der Waals surface area contributed by atoms with Crippen LogP contribution in [0.3, 0.4) is 0 Å². The molecule has 2 heteroatoms. The maximum Gasteiger partial charge on any atom is 0.0547 e. The molecule has 1 saturated carbocycles. The Hall–Kier alpha value is -1.18. The Labute approximate surface area is 91.7 Å². The highest BCUT2D eigenvalue weighted by atomic mass is 14.7. The minimum Gasteiger partial charge on any atom is -0.397 e. The van der Waals surface area contributed by atoms with Crippen molar-refractivity contribution in [3.05, 3.63) is 35.2 Å². The van der Waals surface area contributed by atoms with Gasteiger partial charge >= 0.3 is 0 Å². The zero-order valence-electron chi connectivity index (χ0n) is 9.37. The highest BCUT2D eigenvalue weighted by Crippen LogP contribution is 2.34. The van der Waals surface area contributed by atoms with E-state index < -0.39 is 0 Å². The molecule has 2 nitrogen and oxygen atoms in total. The lowest BCUT2D eigenvalue weighted by Gasteiger charge is -2.28. The van der Waals surface area contributed by atoms with Gasteiger partial charge in [0.15, 0.2) is 0 Å². The van der Waals surface area contributed by atoms with Crippen molar-refractivity contribution < 1.29 is 0 Å². The highest BCUT2D eigenvalue weighted by molar-refractivity contribution is 5.32. The molecule has 1 fully saturated rings. The average Bonchev–Trinajstić information content (AvgIpc) is 2.25. The zero-order chi connectivity index (χ0) is 10.8. The number of fused-ring (bicyclic) bond motifs is 4. The molecule has 0 aromatic heterocycles. The zero-order valence-corrected chi connectivity index (χ0v) is 9.37. The molecule has 0 unspecified atom stereocenters. The van der Waals surface area contributed by atoms with Crippen molar-refractivity contribution in [3.63, 3.8) is 0 Å². The van der Waals surface area contributed by atoms with Crippen molar-refractivity contribution >= 4 is 0 Å². The van der Waals surface area contributed by atoms with E-state index in [-0.39, 0.29) is 0 Å². The van der Waals surface area contributed by atoms with Crippen LogP contribution in [-0.2, 0) is 0 Å². The van der Waals surface area contributed by atoms with Crippen LogP contribution in [0.5, 0.6) is 0 Å². The molecule has 3 aliphatic rings. The van der Waals surface area contributed by atoms with Crippen molar-refractivity contribution in [2.45, 2.75) is 32.6 Å².